The van der Waals surface area contributed by atoms with Gasteiger partial charge < -0.3 is 16.0 Å². The molecule has 0 atom stereocenters. The van der Waals surface area contributed by atoms with Gasteiger partial charge in [0.1, 0.15) is 5.54 Å². The molecule has 0 saturated heterocycles. The average molecular weight is 360 g/mol. The topological polar surface area (TPSA) is 70.2 Å². The van der Waals surface area contributed by atoms with Gasteiger partial charge in [-0.25, -0.2) is 4.79 Å². The molecule has 0 spiro atoms. The summed E-state index contributed by atoms with van der Waals surface area (Å²) in [7, 11) is 1.60. The lowest BCUT2D eigenvalue weighted by molar-refractivity contribution is -0.128. The maximum absolute atomic E-state index is 12.6. The van der Waals surface area contributed by atoms with Gasteiger partial charge in [0, 0.05) is 22.8 Å². The van der Waals surface area contributed by atoms with Crippen LogP contribution < -0.4 is 16.0 Å². The molecule has 2 aromatic carbocycles. The summed E-state index contributed by atoms with van der Waals surface area (Å²) in [6, 6.07) is 10.8. The normalized spacial score (nSPS) is 16.2. The van der Waals surface area contributed by atoms with Gasteiger partial charge in [-0.15, -0.1) is 0 Å². The van der Waals surface area contributed by atoms with Gasteiger partial charge in [-0.3, -0.25) is 4.79 Å². The predicted molar refractivity (Wildman–Crippen MR) is 101 cm³/mol. The van der Waals surface area contributed by atoms with Gasteiger partial charge >= 0.3 is 6.03 Å². The number of nitrogens with one attached hydrogen (secondary N) is 3. The Kier molecular flexibility index (Phi) is 5.13. The van der Waals surface area contributed by atoms with E-state index < -0.39 is 5.54 Å². The molecule has 3 N–H and O–H groups in total. The molecule has 0 heterocycles. The van der Waals surface area contributed by atoms with E-state index in [1.165, 1.54) is 0 Å². The molecule has 0 radical (unpaired) electrons. The van der Waals surface area contributed by atoms with E-state index >= 15 is 0 Å². The van der Waals surface area contributed by atoms with Gasteiger partial charge in [0.05, 0.1) is 5.69 Å². The number of fused-ring (bicyclic) bond motifs is 1. The Labute approximate surface area is 152 Å². The summed E-state index contributed by atoms with van der Waals surface area (Å²) >= 11 is 6.22. The number of urea groups is 1. The minimum Gasteiger partial charge on any atom is -0.357 e. The Bertz CT molecular complexity index is 800. The molecule has 25 heavy (non-hydrogen) atoms. The van der Waals surface area contributed by atoms with Crippen LogP contribution in [-0.4, -0.2) is 24.5 Å². The van der Waals surface area contributed by atoms with Crippen molar-refractivity contribution in [1.29, 1.82) is 0 Å². The third kappa shape index (κ3) is 3.56. The fraction of sp³-hybridized carbons (Fsp3) is 0.368. The Morgan fingerprint density at radius 3 is 2.36 bits per heavy atom. The Morgan fingerprint density at radius 1 is 1.00 bits per heavy atom. The number of rotatable bonds is 3. The summed E-state index contributed by atoms with van der Waals surface area (Å²) in [5.74, 6) is -0.136. The number of hydrogen-bond acceptors (Lipinski definition) is 2. The summed E-state index contributed by atoms with van der Waals surface area (Å²) in [6.07, 6.45) is 4.25. The number of anilines is 1. The molecule has 1 aliphatic rings. The standard InChI is InChI=1S/C19H22ClN3O2/c1-21-17(24)19(11-5-2-6-12-19)23-18(25)22-16-10-9-15(20)13-7-3-4-8-14(13)16/h3-4,7-10H,2,5-6,11-12H2,1H3,(H,21,24)(H2,22,23,25). The Hall–Kier alpha value is -2.27. The Morgan fingerprint density at radius 2 is 1.68 bits per heavy atom. The van der Waals surface area contributed by atoms with Crippen molar-refractivity contribution in [2.24, 2.45) is 0 Å². The zero-order chi connectivity index (χ0) is 17.9. The Balaban J connectivity index is 1.82. The maximum atomic E-state index is 12.6. The average Bonchev–Trinajstić information content (AvgIpc) is 2.64. The molecular formula is C19H22ClN3O2. The van der Waals surface area contributed by atoms with Crippen LogP contribution in [0, 0.1) is 0 Å². The summed E-state index contributed by atoms with van der Waals surface area (Å²) in [4.78, 5) is 25.0. The molecule has 2 aromatic rings. The minimum atomic E-state index is -0.834. The van der Waals surface area contributed by atoms with E-state index in [2.05, 4.69) is 16.0 Å². The molecule has 3 amide bonds. The molecule has 132 valence electrons. The van der Waals surface area contributed by atoms with Crippen LogP contribution in [0.4, 0.5) is 10.5 Å². The summed E-state index contributed by atoms with van der Waals surface area (Å²) < 4.78 is 0. The van der Waals surface area contributed by atoms with Crippen molar-refractivity contribution in [2.45, 2.75) is 37.6 Å². The molecule has 0 unspecified atom stereocenters. The first kappa shape index (κ1) is 17.5. The van der Waals surface area contributed by atoms with Crippen LogP contribution in [0.1, 0.15) is 32.1 Å². The van der Waals surface area contributed by atoms with Gasteiger partial charge in [-0.05, 0) is 25.0 Å². The summed E-state index contributed by atoms with van der Waals surface area (Å²) in [5, 5.41) is 10.8. The largest absolute Gasteiger partial charge is 0.357 e. The lowest BCUT2D eigenvalue weighted by Gasteiger charge is -2.36. The van der Waals surface area contributed by atoms with Crippen LogP contribution in [0.15, 0.2) is 36.4 Å². The third-order valence-electron chi connectivity index (χ3n) is 4.84. The van der Waals surface area contributed by atoms with Gasteiger partial charge in [-0.1, -0.05) is 55.1 Å². The molecule has 0 bridgehead atoms. The first-order chi connectivity index (χ1) is 12.1. The molecule has 0 aromatic heterocycles. The SMILES string of the molecule is CNC(=O)C1(NC(=O)Nc2ccc(Cl)c3ccccc23)CCCCC1. The molecule has 0 aliphatic heterocycles. The number of likely N-dealkylation sites (N-methyl/N-ethyl adjacent to an activating group) is 1. The van der Waals surface area contributed by atoms with Crippen LogP contribution in [0.25, 0.3) is 10.8 Å². The second-order valence-electron chi connectivity index (χ2n) is 6.44. The zero-order valence-corrected chi connectivity index (χ0v) is 15.0. The van der Waals surface area contributed by atoms with Crippen LogP contribution in [0.2, 0.25) is 5.02 Å². The quantitative estimate of drug-likeness (QED) is 0.773. The molecule has 5 nitrogen and oxygen atoms in total. The van der Waals surface area contributed by atoms with E-state index in [-0.39, 0.29) is 11.9 Å². The monoisotopic (exact) mass is 359 g/mol. The molecule has 3 rings (SSSR count). The molecule has 1 saturated carbocycles. The molecular weight excluding hydrogens is 338 g/mol. The van der Waals surface area contributed by atoms with Crippen molar-refractivity contribution in [3.8, 4) is 0 Å². The van der Waals surface area contributed by atoms with Gasteiger partial charge in [-0.2, -0.15) is 0 Å². The van der Waals surface area contributed by atoms with E-state index in [1.807, 2.05) is 24.3 Å². The van der Waals surface area contributed by atoms with Crippen molar-refractivity contribution in [1.82, 2.24) is 10.6 Å². The van der Waals surface area contributed by atoms with E-state index in [1.54, 1.807) is 19.2 Å². The smallest absolute Gasteiger partial charge is 0.320 e. The highest BCUT2D eigenvalue weighted by Crippen LogP contribution is 2.31. The first-order valence-electron chi connectivity index (χ1n) is 8.54. The van der Waals surface area contributed by atoms with E-state index in [9.17, 15) is 9.59 Å². The fourth-order valence-electron chi connectivity index (χ4n) is 3.55. The lowest BCUT2D eigenvalue weighted by Crippen LogP contribution is -2.60. The van der Waals surface area contributed by atoms with E-state index in [0.29, 0.717) is 23.6 Å². The summed E-state index contributed by atoms with van der Waals surface area (Å²) in [5.41, 5.74) is -0.167. The zero-order valence-electron chi connectivity index (χ0n) is 14.2. The number of benzene rings is 2. The number of halogens is 1. The van der Waals surface area contributed by atoms with Crippen molar-refractivity contribution < 1.29 is 9.59 Å². The van der Waals surface area contributed by atoms with Crippen LogP contribution in [-0.2, 0) is 4.79 Å². The fourth-order valence-corrected chi connectivity index (χ4v) is 3.77. The van der Waals surface area contributed by atoms with Gasteiger partial charge in [0.15, 0.2) is 0 Å². The molecule has 1 aliphatic carbocycles. The van der Waals surface area contributed by atoms with Crippen molar-refractivity contribution in [2.75, 3.05) is 12.4 Å². The lowest BCUT2D eigenvalue weighted by atomic mass is 9.81. The van der Waals surface area contributed by atoms with E-state index in [0.717, 1.165) is 30.0 Å². The number of hydrogen-bond donors (Lipinski definition) is 3. The third-order valence-corrected chi connectivity index (χ3v) is 5.17. The number of carbonyl (C=O) groups excluding carboxylic acids is 2. The minimum absolute atomic E-state index is 0.136. The number of carbonyl (C=O) groups is 2. The number of amides is 3. The highest BCUT2D eigenvalue weighted by atomic mass is 35.5. The van der Waals surface area contributed by atoms with Gasteiger partial charge in [0.2, 0.25) is 5.91 Å². The summed E-state index contributed by atoms with van der Waals surface area (Å²) in [6.45, 7) is 0. The molecule has 6 heteroatoms. The van der Waals surface area contributed by atoms with Crippen LogP contribution in [0.3, 0.4) is 0 Å². The second kappa shape index (κ2) is 7.31. The van der Waals surface area contributed by atoms with Crippen molar-refractivity contribution >= 4 is 40.0 Å². The van der Waals surface area contributed by atoms with Gasteiger partial charge in [0.25, 0.3) is 0 Å². The highest BCUT2D eigenvalue weighted by Gasteiger charge is 2.40. The first-order valence-corrected chi connectivity index (χ1v) is 8.92. The van der Waals surface area contributed by atoms with Crippen molar-refractivity contribution in [3.63, 3.8) is 0 Å². The van der Waals surface area contributed by atoms with E-state index in [4.69, 9.17) is 11.6 Å². The van der Waals surface area contributed by atoms with Crippen LogP contribution >= 0.6 is 11.6 Å². The molecule has 1 fully saturated rings. The maximum Gasteiger partial charge on any atom is 0.320 e. The van der Waals surface area contributed by atoms with Crippen LogP contribution in [0.5, 0.6) is 0 Å². The van der Waals surface area contributed by atoms with Crippen molar-refractivity contribution in [3.05, 3.63) is 41.4 Å². The predicted octanol–water partition coefficient (Wildman–Crippen LogP) is 4.06. The second-order valence-corrected chi connectivity index (χ2v) is 6.85. The highest BCUT2D eigenvalue weighted by molar-refractivity contribution is 6.36.